The van der Waals surface area contributed by atoms with Crippen molar-refractivity contribution in [3.8, 4) is 0 Å². The van der Waals surface area contributed by atoms with Gasteiger partial charge in [0.25, 0.3) is 5.91 Å². The van der Waals surface area contributed by atoms with Crippen LogP contribution in [0.2, 0.25) is 0 Å². The average Bonchev–Trinajstić information content (AvgIpc) is 2.77. The van der Waals surface area contributed by atoms with Crippen molar-refractivity contribution in [3.63, 3.8) is 0 Å². The highest BCUT2D eigenvalue weighted by atomic mass is 16.2. The number of pyridine rings is 1. The highest BCUT2D eigenvalue weighted by molar-refractivity contribution is 6.38. The summed E-state index contributed by atoms with van der Waals surface area (Å²) >= 11 is 0. The second-order valence-corrected chi connectivity index (χ2v) is 10.5. The number of carbonyl (C=O) groups is 4. The second-order valence-electron chi connectivity index (χ2n) is 10.5. The smallest absolute Gasteiger partial charge is 0.253 e. The maximum absolute atomic E-state index is 13.4. The minimum Gasteiger partial charge on any atom is -0.342 e. The zero-order chi connectivity index (χ0) is 25.3. The first-order valence-corrected chi connectivity index (χ1v) is 11.8. The fourth-order valence-electron chi connectivity index (χ4n) is 3.82. The Kier molecular flexibility index (Phi) is 9.84. The van der Waals surface area contributed by atoms with E-state index >= 15 is 0 Å². The molecule has 34 heavy (non-hydrogen) atoms. The lowest BCUT2D eigenvalue weighted by Crippen LogP contribution is -2.43. The number of hydrogen-bond donors (Lipinski definition) is 1. The van der Waals surface area contributed by atoms with Crippen LogP contribution in [0.25, 0.3) is 0 Å². The molecule has 0 bridgehead atoms. The van der Waals surface area contributed by atoms with Gasteiger partial charge in [-0.15, -0.1) is 0 Å². The highest BCUT2D eigenvalue weighted by Crippen LogP contribution is 2.23. The van der Waals surface area contributed by atoms with E-state index in [2.05, 4.69) is 10.3 Å². The highest BCUT2D eigenvalue weighted by Gasteiger charge is 2.32. The molecule has 2 aromatic rings. The maximum Gasteiger partial charge on any atom is 0.253 e. The zero-order valence-corrected chi connectivity index (χ0v) is 20.8. The van der Waals surface area contributed by atoms with Gasteiger partial charge in [0.15, 0.2) is 11.6 Å². The minimum absolute atomic E-state index is 0.103. The maximum atomic E-state index is 13.4. The molecule has 0 saturated carbocycles. The first kappa shape index (κ1) is 27.1. The lowest BCUT2D eigenvalue weighted by atomic mass is 9.82. The van der Waals surface area contributed by atoms with Gasteiger partial charge in [0, 0.05) is 31.2 Å². The van der Waals surface area contributed by atoms with E-state index in [-0.39, 0.29) is 35.9 Å². The van der Waals surface area contributed by atoms with Crippen LogP contribution >= 0.6 is 0 Å². The van der Waals surface area contributed by atoms with Gasteiger partial charge in [0.05, 0.1) is 11.6 Å². The molecule has 0 aliphatic carbocycles. The number of amides is 1. The zero-order valence-electron chi connectivity index (χ0n) is 20.8. The second kappa shape index (κ2) is 12.4. The molecule has 2 rings (SSSR count). The van der Waals surface area contributed by atoms with Crippen LogP contribution in [0.1, 0.15) is 69.8 Å². The van der Waals surface area contributed by atoms with Gasteiger partial charge in [-0.05, 0) is 41.9 Å². The van der Waals surface area contributed by atoms with Crippen LogP contribution in [0.4, 0.5) is 0 Å². The summed E-state index contributed by atoms with van der Waals surface area (Å²) in [4.78, 5) is 55.9. The van der Waals surface area contributed by atoms with Crippen molar-refractivity contribution >= 4 is 23.3 Å². The topological polar surface area (TPSA) is 93.2 Å². The molecule has 1 heterocycles. The molecule has 1 aromatic heterocycles. The van der Waals surface area contributed by atoms with Crippen LogP contribution < -0.4 is 5.32 Å². The molecule has 0 spiro atoms. The van der Waals surface area contributed by atoms with Crippen LogP contribution in [-0.2, 0) is 20.8 Å². The van der Waals surface area contributed by atoms with E-state index < -0.39 is 23.5 Å². The lowest BCUT2D eigenvalue weighted by molar-refractivity contribution is -0.141. The largest absolute Gasteiger partial charge is 0.342 e. The standard InChI is InChI=1S/C28H36N2O4/c1-19(2)14-23(30-27(34)21-12-9-13-29-18-21)24(31)16-22(15-20-10-7-6-8-11-20)26(33)25(32)17-28(3,4)5/h6-13,18-19,22-23H,14-17H2,1-5H3,(H,30,34)/t22?,23-/m0/s1. The van der Waals surface area contributed by atoms with E-state index in [1.165, 1.54) is 6.20 Å². The fraction of sp³-hybridized carbons (Fsp3) is 0.464. The molecule has 0 fully saturated rings. The monoisotopic (exact) mass is 464 g/mol. The predicted octanol–water partition coefficient (Wildman–Crippen LogP) is 4.62. The number of carbonyl (C=O) groups excluding carboxylic acids is 4. The first-order valence-electron chi connectivity index (χ1n) is 11.8. The molecule has 1 unspecified atom stereocenters. The van der Waals surface area contributed by atoms with Crippen molar-refractivity contribution in [1.29, 1.82) is 0 Å². The van der Waals surface area contributed by atoms with Crippen LogP contribution in [0.5, 0.6) is 0 Å². The van der Waals surface area contributed by atoms with E-state index in [1.54, 1.807) is 18.3 Å². The van der Waals surface area contributed by atoms with Crippen molar-refractivity contribution in [3.05, 3.63) is 66.0 Å². The Bertz CT molecular complexity index is 978. The number of rotatable bonds is 12. The summed E-state index contributed by atoms with van der Waals surface area (Å²) in [5, 5.41) is 2.82. The van der Waals surface area contributed by atoms with Gasteiger partial charge in [-0.3, -0.25) is 24.2 Å². The van der Waals surface area contributed by atoms with Crippen LogP contribution in [0.15, 0.2) is 54.9 Å². The Labute approximate surface area is 202 Å². The van der Waals surface area contributed by atoms with Gasteiger partial charge >= 0.3 is 0 Å². The van der Waals surface area contributed by atoms with Crippen LogP contribution in [0.3, 0.4) is 0 Å². The molecule has 0 aliphatic rings. The van der Waals surface area contributed by atoms with E-state index in [4.69, 9.17) is 0 Å². The molecule has 6 heteroatoms. The van der Waals surface area contributed by atoms with E-state index in [0.29, 0.717) is 18.4 Å². The third-order valence-electron chi connectivity index (χ3n) is 5.43. The average molecular weight is 465 g/mol. The Balaban J connectivity index is 2.24. The summed E-state index contributed by atoms with van der Waals surface area (Å²) in [6.07, 6.45) is 3.77. The molecule has 0 radical (unpaired) electrons. The van der Waals surface area contributed by atoms with Crippen molar-refractivity contribution in [2.24, 2.45) is 17.3 Å². The number of Topliss-reactive ketones (excluding diaryl/α,β-unsaturated/α-hetero) is 3. The number of nitrogens with zero attached hydrogens (tertiary/aromatic N) is 1. The summed E-state index contributed by atoms with van der Waals surface area (Å²) in [6, 6.07) is 11.9. The van der Waals surface area contributed by atoms with Gasteiger partial charge in [0.1, 0.15) is 0 Å². The molecule has 1 amide bonds. The predicted molar refractivity (Wildman–Crippen MR) is 132 cm³/mol. The molecule has 0 aliphatic heterocycles. The van der Waals surface area contributed by atoms with Gasteiger partial charge < -0.3 is 5.32 Å². The van der Waals surface area contributed by atoms with Crippen LogP contribution in [0, 0.1) is 17.3 Å². The van der Waals surface area contributed by atoms with Gasteiger partial charge in [-0.2, -0.15) is 0 Å². The van der Waals surface area contributed by atoms with Gasteiger partial charge in [-0.1, -0.05) is 65.0 Å². The van der Waals surface area contributed by atoms with Crippen molar-refractivity contribution in [1.82, 2.24) is 10.3 Å². The summed E-state index contributed by atoms with van der Waals surface area (Å²) < 4.78 is 0. The van der Waals surface area contributed by atoms with Crippen molar-refractivity contribution in [2.75, 3.05) is 0 Å². The molecular weight excluding hydrogens is 428 g/mol. The summed E-state index contributed by atoms with van der Waals surface area (Å²) in [7, 11) is 0. The number of nitrogens with one attached hydrogen (secondary N) is 1. The van der Waals surface area contributed by atoms with Crippen molar-refractivity contribution < 1.29 is 19.2 Å². The summed E-state index contributed by atoms with van der Waals surface area (Å²) in [5.74, 6) is -2.23. The molecule has 182 valence electrons. The van der Waals surface area contributed by atoms with E-state index in [1.807, 2.05) is 65.0 Å². The lowest BCUT2D eigenvalue weighted by Gasteiger charge is -2.23. The first-order chi connectivity index (χ1) is 16.0. The number of ketones is 3. The number of aromatic nitrogens is 1. The third-order valence-corrected chi connectivity index (χ3v) is 5.43. The Hall–Kier alpha value is -3.15. The van der Waals surface area contributed by atoms with Gasteiger partial charge in [-0.25, -0.2) is 0 Å². The third kappa shape index (κ3) is 9.00. The van der Waals surface area contributed by atoms with Gasteiger partial charge in [0.2, 0.25) is 5.78 Å². The number of benzene rings is 1. The molecular formula is C28H36N2O4. The fourth-order valence-corrected chi connectivity index (χ4v) is 3.82. The quantitative estimate of drug-likeness (QED) is 0.463. The van der Waals surface area contributed by atoms with E-state index in [0.717, 1.165) is 5.56 Å². The van der Waals surface area contributed by atoms with E-state index in [9.17, 15) is 19.2 Å². The molecule has 1 N–H and O–H groups in total. The minimum atomic E-state index is -0.769. The van der Waals surface area contributed by atoms with Crippen LogP contribution in [-0.4, -0.2) is 34.3 Å². The number of hydrogen-bond acceptors (Lipinski definition) is 5. The molecule has 6 nitrogen and oxygen atoms in total. The molecule has 2 atom stereocenters. The van der Waals surface area contributed by atoms with Crippen molar-refractivity contribution in [2.45, 2.75) is 66.3 Å². The molecule has 0 saturated heterocycles. The summed E-state index contributed by atoms with van der Waals surface area (Å²) in [5.41, 5.74) is 0.921. The normalized spacial score (nSPS) is 13.2. The Morgan fingerprint density at radius 2 is 1.65 bits per heavy atom. The SMILES string of the molecule is CC(C)C[C@H](NC(=O)c1cccnc1)C(=O)CC(Cc1ccccc1)C(=O)C(=O)CC(C)(C)C. The Morgan fingerprint density at radius 1 is 0.971 bits per heavy atom. The molecule has 1 aromatic carbocycles. The Morgan fingerprint density at radius 3 is 2.21 bits per heavy atom. The summed E-state index contributed by atoms with van der Waals surface area (Å²) in [6.45, 7) is 9.65.